The zero-order chi connectivity index (χ0) is 11.4. The number of hydrogen-bond acceptors (Lipinski definition) is 3. The second-order valence-corrected chi connectivity index (χ2v) is 3.86. The molecule has 1 aromatic rings. The van der Waals surface area contributed by atoms with Crippen LogP contribution in [-0.2, 0) is 11.3 Å². The van der Waals surface area contributed by atoms with Gasteiger partial charge in [0.1, 0.15) is 4.47 Å². The van der Waals surface area contributed by atoms with Gasteiger partial charge in [0.05, 0.1) is 6.33 Å². The van der Waals surface area contributed by atoms with Crippen molar-refractivity contribution in [2.45, 2.75) is 13.5 Å². The summed E-state index contributed by atoms with van der Waals surface area (Å²) >= 11 is 3.06. The van der Waals surface area contributed by atoms with E-state index in [1.807, 2.05) is 0 Å². The third-order valence-corrected chi connectivity index (χ3v) is 2.19. The fourth-order valence-corrected chi connectivity index (χ4v) is 1.41. The van der Waals surface area contributed by atoms with E-state index >= 15 is 0 Å². The molecule has 1 heterocycles. The van der Waals surface area contributed by atoms with Gasteiger partial charge in [-0.15, -0.1) is 0 Å². The summed E-state index contributed by atoms with van der Waals surface area (Å²) in [4.78, 5) is 25.7. The summed E-state index contributed by atoms with van der Waals surface area (Å²) in [5.41, 5.74) is 0.340. The highest BCUT2D eigenvalue weighted by Gasteiger charge is 2.02. The Kier molecular flexibility index (Phi) is 3.79. The fourth-order valence-electron chi connectivity index (χ4n) is 1.06. The smallest absolute Gasteiger partial charge is 0.328 e. The molecule has 0 aliphatic carbocycles. The minimum Gasteiger partial charge on any atom is -0.478 e. The summed E-state index contributed by atoms with van der Waals surface area (Å²) < 4.78 is 1.69. The van der Waals surface area contributed by atoms with Crippen LogP contribution in [0.1, 0.15) is 6.92 Å². The summed E-state index contributed by atoms with van der Waals surface area (Å²) in [6.07, 6.45) is 3.83. The molecule has 0 unspecified atom stereocenters. The normalized spacial score (nSPS) is 11.5. The molecule has 0 saturated carbocycles. The molecule has 6 heteroatoms. The number of carboxylic acid groups (broad SMARTS) is 1. The van der Waals surface area contributed by atoms with Crippen LogP contribution in [0.2, 0.25) is 0 Å². The third kappa shape index (κ3) is 3.32. The molecule has 0 bridgehead atoms. The maximum Gasteiger partial charge on any atom is 0.328 e. The quantitative estimate of drug-likeness (QED) is 0.835. The number of carbonyl (C=O) groups is 1. The van der Waals surface area contributed by atoms with Crippen LogP contribution in [0.25, 0.3) is 0 Å². The lowest BCUT2D eigenvalue weighted by Gasteiger charge is -2.04. The first-order valence-electron chi connectivity index (χ1n) is 4.10. The number of halogens is 1. The molecule has 1 rings (SSSR count). The Morgan fingerprint density at radius 3 is 3.00 bits per heavy atom. The van der Waals surface area contributed by atoms with Crippen LogP contribution < -0.4 is 5.56 Å². The van der Waals surface area contributed by atoms with Crippen molar-refractivity contribution in [2.75, 3.05) is 0 Å². The van der Waals surface area contributed by atoms with Gasteiger partial charge in [-0.2, -0.15) is 0 Å². The summed E-state index contributed by atoms with van der Waals surface area (Å²) in [7, 11) is 0. The van der Waals surface area contributed by atoms with E-state index in [1.54, 1.807) is 6.92 Å². The van der Waals surface area contributed by atoms with Gasteiger partial charge in [-0.3, -0.25) is 9.36 Å². The van der Waals surface area contributed by atoms with E-state index in [0.29, 0.717) is 10.0 Å². The lowest BCUT2D eigenvalue weighted by molar-refractivity contribution is -0.131. The summed E-state index contributed by atoms with van der Waals surface area (Å²) in [6, 6.07) is 0. The van der Waals surface area contributed by atoms with E-state index in [4.69, 9.17) is 5.11 Å². The van der Waals surface area contributed by atoms with Crippen molar-refractivity contribution in [3.8, 4) is 0 Å². The summed E-state index contributed by atoms with van der Waals surface area (Å²) in [5, 5.41) is 8.50. The molecule has 1 aromatic heterocycles. The van der Waals surface area contributed by atoms with Crippen LogP contribution in [0.4, 0.5) is 0 Å². The number of carboxylic acids is 1. The molecule has 0 aromatic carbocycles. The number of aromatic nitrogens is 2. The summed E-state index contributed by atoms with van der Waals surface area (Å²) in [5.74, 6) is -1.02. The first-order chi connectivity index (χ1) is 7.00. The molecule has 0 saturated heterocycles. The maximum absolute atomic E-state index is 11.5. The van der Waals surface area contributed by atoms with Gasteiger partial charge in [-0.25, -0.2) is 9.78 Å². The highest BCUT2D eigenvalue weighted by Crippen LogP contribution is 2.01. The van der Waals surface area contributed by atoms with Gasteiger partial charge in [0.2, 0.25) is 0 Å². The third-order valence-electron chi connectivity index (χ3n) is 1.65. The second-order valence-electron chi connectivity index (χ2n) is 3.00. The predicted octanol–water partition coefficient (Wildman–Crippen LogP) is 1.04. The van der Waals surface area contributed by atoms with Gasteiger partial charge in [0.15, 0.2) is 0 Å². The molecule has 1 N–H and O–H groups in total. The Morgan fingerprint density at radius 1 is 1.73 bits per heavy atom. The molecule has 0 atom stereocenters. The lowest BCUT2D eigenvalue weighted by atomic mass is 10.3. The van der Waals surface area contributed by atoms with Gasteiger partial charge < -0.3 is 5.11 Å². The van der Waals surface area contributed by atoms with E-state index < -0.39 is 5.97 Å². The van der Waals surface area contributed by atoms with Crippen LogP contribution in [0.15, 0.2) is 33.4 Å². The molecule has 0 spiro atoms. The Labute approximate surface area is 94.2 Å². The van der Waals surface area contributed by atoms with Gasteiger partial charge in [-0.05, 0) is 28.4 Å². The van der Waals surface area contributed by atoms with Crippen LogP contribution in [-0.4, -0.2) is 20.6 Å². The van der Waals surface area contributed by atoms with E-state index in [2.05, 4.69) is 20.9 Å². The van der Waals surface area contributed by atoms with Crippen molar-refractivity contribution in [3.63, 3.8) is 0 Å². The van der Waals surface area contributed by atoms with E-state index in [-0.39, 0.29) is 12.1 Å². The molecule has 0 radical (unpaired) electrons. The average molecular weight is 273 g/mol. The molecule has 0 fully saturated rings. The highest BCUT2D eigenvalue weighted by atomic mass is 79.9. The molecule has 80 valence electrons. The predicted molar refractivity (Wildman–Crippen MR) is 57.6 cm³/mol. The SMILES string of the molecule is CC(=CC(=O)O)Cn1cncc(Br)c1=O. The number of nitrogens with zero attached hydrogens (tertiary/aromatic N) is 2. The van der Waals surface area contributed by atoms with Crippen molar-refractivity contribution >= 4 is 21.9 Å². The number of rotatable bonds is 3. The van der Waals surface area contributed by atoms with Crippen molar-refractivity contribution in [1.29, 1.82) is 0 Å². The van der Waals surface area contributed by atoms with Crippen molar-refractivity contribution in [3.05, 3.63) is 39.0 Å². The minimum atomic E-state index is -1.02. The number of allylic oxidation sites excluding steroid dienone is 1. The molecule has 5 nitrogen and oxygen atoms in total. The topological polar surface area (TPSA) is 72.2 Å². The van der Waals surface area contributed by atoms with Crippen molar-refractivity contribution in [2.24, 2.45) is 0 Å². The van der Waals surface area contributed by atoms with Gasteiger partial charge in [-0.1, -0.05) is 0 Å². The Balaban J connectivity index is 2.96. The van der Waals surface area contributed by atoms with Gasteiger partial charge in [0.25, 0.3) is 5.56 Å². The first-order valence-corrected chi connectivity index (χ1v) is 4.90. The van der Waals surface area contributed by atoms with Gasteiger partial charge >= 0.3 is 5.97 Å². The first kappa shape index (κ1) is 11.6. The largest absolute Gasteiger partial charge is 0.478 e. The molecular formula is C9H9BrN2O3. The number of hydrogen-bond donors (Lipinski definition) is 1. The number of aliphatic carboxylic acids is 1. The van der Waals surface area contributed by atoms with Crippen LogP contribution in [0.3, 0.4) is 0 Å². The van der Waals surface area contributed by atoms with Crippen LogP contribution >= 0.6 is 15.9 Å². The summed E-state index contributed by atoms with van der Waals surface area (Å²) in [6.45, 7) is 1.86. The highest BCUT2D eigenvalue weighted by molar-refractivity contribution is 9.10. The van der Waals surface area contributed by atoms with Crippen LogP contribution in [0.5, 0.6) is 0 Å². The molecule has 15 heavy (non-hydrogen) atoms. The molecule has 0 aliphatic heterocycles. The molecule has 0 aliphatic rings. The molecule has 0 amide bonds. The molecular weight excluding hydrogens is 264 g/mol. The Morgan fingerprint density at radius 2 is 2.40 bits per heavy atom. The van der Waals surface area contributed by atoms with E-state index in [1.165, 1.54) is 17.1 Å². The monoisotopic (exact) mass is 272 g/mol. The fraction of sp³-hybridized carbons (Fsp3) is 0.222. The zero-order valence-corrected chi connectivity index (χ0v) is 9.56. The average Bonchev–Trinajstić information content (AvgIpc) is 2.11. The minimum absolute atomic E-state index is 0.220. The van der Waals surface area contributed by atoms with Gasteiger partial charge in [0, 0.05) is 18.8 Å². The van der Waals surface area contributed by atoms with Crippen molar-refractivity contribution < 1.29 is 9.90 Å². The van der Waals surface area contributed by atoms with Crippen molar-refractivity contribution in [1.82, 2.24) is 9.55 Å². The lowest BCUT2D eigenvalue weighted by Crippen LogP contribution is -2.21. The zero-order valence-electron chi connectivity index (χ0n) is 7.98. The van der Waals surface area contributed by atoms with E-state index in [9.17, 15) is 9.59 Å². The van der Waals surface area contributed by atoms with Crippen LogP contribution in [0, 0.1) is 0 Å². The maximum atomic E-state index is 11.5. The Hall–Kier alpha value is -1.43. The Bertz CT molecular complexity index is 465. The second kappa shape index (κ2) is 4.88. The van der Waals surface area contributed by atoms with E-state index in [0.717, 1.165) is 6.08 Å². The standard InChI is InChI=1S/C9H9BrN2O3/c1-6(2-8(13)14)4-12-5-11-3-7(10)9(12)15/h2-3,5H,4H2,1H3,(H,13,14).